The van der Waals surface area contributed by atoms with Crippen LogP contribution < -0.4 is 4.74 Å². The van der Waals surface area contributed by atoms with Crippen LogP contribution in [-0.4, -0.2) is 28.3 Å². The molecular formula is C9H7ClF3NO3. The fourth-order valence-corrected chi connectivity index (χ4v) is 1.07. The SMILES string of the molecule is CC(Oc1ncc(C(=O)O)cc1Cl)C(F)(F)F. The van der Waals surface area contributed by atoms with Crippen LogP contribution in [0.15, 0.2) is 12.3 Å². The van der Waals surface area contributed by atoms with Gasteiger partial charge in [-0.2, -0.15) is 13.2 Å². The number of alkyl halides is 3. The molecule has 0 radical (unpaired) electrons. The molecule has 94 valence electrons. The number of nitrogens with zero attached hydrogens (tertiary/aromatic N) is 1. The third kappa shape index (κ3) is 3.48. The summed E-state index contributed by atoms with van der Waals surface area (Å²) in [6.45, 7) is 0.795. The molecule has 1 heterocycles. The Kier molecular flexibility index (Phi) is 3.82. The largest absolute Gasteiger partial charge is 0.478 e. The van der Waals surface area contributed by atoms with Gasteiger partial charge in [0.05, 0.1) is 5.56 Å². The molecule has 0 amide bonds. The Hall–Kier alpha value is -1.50. The van der Waals surface area contributed by atoms with Crippen LogP contribution in [0.5, 0.6) is 5.88 Å². The zero-order valence-electron chi connectivity index (χ0n) is 8.45. The van der Waals surface area contributed by atoms with E-state index < -0.39 is 24.1 Å². The zero-order chi connectivity index (χ0) is 13.2. The van der Waals surface area contributed by atoms with Crippen molar-refractivity contribution in [3.05, 3.63) is 22.8 Å². The number of halogens is 4. The highest BCUT2D eigenvalue weighted by Crippen LogP contribution is 2.28. The minimum Gasteiger partial charge on any atom is -0.478 e. The third-order valence-electron chi connectivity index (χ3n) is 1.80. The van der Waals surface area contributed by atoms with Gasteiger partial charge in [0, 0.05) is 6.20 Å². The summed E-state index contributed by atoms with van der Waals surface area (Å²) in [5, 5.41) is 8.30. The van der Waals surface area contributed by atoms with E-state index in [0.29, 0.717) is 0 Å². The predicted molar refractivity (Wildman–Crippen MR) is 52.4 cm³/mol. The molecule has 4 nitrogen and oxygen atoms in total. The molecule has 1 aromatic rings. The van der Waals surface area contributed by atoms with Crippen LogP contribution in [0.2, 0.25) is 5.02 Å². The fraction of sp³-hybridized carbons (Fsp3) is 0.333. The third-order valence-corrected chi connectivity index (χ3v) is 2.07. The fourth-order valence-electron chi connectivity index (χ4n) is 0.863. The van der Waals surface area contributed by atoms with Gasteiger partial charge in [-0.3, -0.25) is 0 Å². The summed E-state index contributed by atoms with van der Waals surface area (Å²) in [6, 6.07) is 0.968. The van der Waals surface area contributed by atoms with E-state index in [1.54, 1.807) is 0 Å². The number of aromatic carboxylic acids is 1. The molecule has 0 aliphatic heterocycles. The summed E-state index contributed by atoms with van der Waals surface area (Å²) in [5.74, 6) is -1.74. The molecule has 0 aromatic carbocycles. The van der Waals surface area contributed by atoms with Crippen LogP contribution in [0.1, 0.15) is 17.3 Å². The number of hydrogen-bond donors (Lipinski definition) is 1. The van der Waals surface area contributed by atoms with Crippen molar-refractivity contribution in [3.8, 4) is 5.88 Å². The number of pyridine rings is 1. The molecule has 1 unspecified atom stereocenters. The maximum atomic E-state index is 12.2. The van der Waals surface area contributed by atoms with E-state index in [1.807, 2.05) is 0 Å². The molecule has 1 atom stereocenters. The van der Waals surface area contributed by atoms with E-state index in [2.05, 4.69) is 9.72 Å². The average Bonchev–Trinajstić information content (AvgIpc) is 2.19. The van der Waals surface area contributed by atoms with Gasteiger partial charge in [0.25, 0.3) is 0 Å². The summed E-state index contributed by atoms with van der Waals surface area (Å²) >= 11 is 5.55. The van der Waals surface area contributed by atoms with E-state index in [4.69, 9.17) is 16.7 Å². The van der Waals surface area contributed by atoms with Crippen LogP contribution in [0.25, 0.3) is 0 Å². The summed E-state index contributed by atoms with van der Waals surface area (Å²) in [7, 11) is 0. The lowest BCUT2D eigenvalue weighted by Crippen LogP contribution is -2.31. The molecule has 17 heavy (non-hydrogen) atoms. The summed E-state index contributed by atoms with van der Waals surface area (Å²) < 4.78 is 41.0. The zero-order valence-corrected chi connectivity index (χ0v) is 9.21. The van der Waals surface area contributed by atoms with Gasteiger partial charge in [0.1, 0.15) is 5.02 Å². The standard InChI is InChI=1S/C9H7ClF3NO3/c1-4(9(11,12)13)17-7-6(10)2-5(3-14-7)8(15)16/h2-4H,1H3,(H,15,16). The van der Waals surface area contributed by atoms with E-state index in [-0.39, 0.29) is 10.6 Å². The molecule has 8 heteroatoms. The number of carbonyl (C=O) groups is 1. The highest BCUT2D eigenvalue weighted by atomic mass is 35.5. The Balaban J connectivity index is 2.90. The minimum atomic E-state index is -4.55. The van der Waals surface area contributed by atoms with Gasteiger partial charge in [-0.05, 0) is 13.0 Å². The van der Waals surface area contributed by atoms with E-state index in [9.17, 15) is 18.0 Å². The van der Waals surface area contributed by atoms with Crippen molar-refractivity contribution in [2.45, 2.75) is 19.2 Å². The van der Waals surface area contributed by atoms with Gasteiger partial charge in [-0.15, -0.1) is 0 Å². The molecule has 1 aromatic heterocycles. The van der Waals surface area contributed by atoms with Gasteiger partial charge >= 0.3 is 12.1 Å². The topological polar surface area (TPSA) is 59.4 Å². The molecule has 0 aliphatic carbocycles. The summed E-state index contributed by atoms with van der Waals surface area (Å²) in [5.41, 5.74) is -0.234. The van der Waals surface area contributed by atoms with Crippen LogP contribution in [-0.2, 0) is 0 Å². The molecule has 0 aliphatic rings. The maximum absolute atomic E-state index is 12.2. The number of carboxylic acids is 1. The highest BCUT2D eigenvalue weighted by molar-refractivity contribution is 6.32. The van der Waals surface area contributed by atoms with Gasteiger partial charge in [-0.25, -0.2) is 9.78 Å². The number of ether oxygens (including phenoxy) is 1. The normalized spacial score (nSPS) is 13.2. The molecular weight excluding hydrogens is 263 g/mol. The van der Waals surface area contributed by atoms with Crippen LogP contribution in [0.4, 0.5) is 13.2 Å². The second-order valence-corrected chi connectivity index (χ2v) is 3.53. The average molecular weight is 270 g/mol. The molecule has 1 N–H and O–H groups in total. The number of aromatic nitrogens is 1. The first-order valence-electron chi connectivity index (χ1n) is 4.34. The smallest absolute Gasteiger partial charge is 0.425 e. The van der Waals surface area contributed by atoms with Crippen molar-refractivity contribution in [3.63, 3.8) is 0 Å². The van der Waals surface area contributed by atoms with E-state index in [1.165, 1.54) is 0 Å². The predicted octanol–water partition coefficient (Wildman–Crippen LogP) is 2.76. The summed E-state index contributed by atoms with van der Waals surface area (Å²) in [4.78, 5) is 13.9. The first kappa shape index (κ1) is 13.6. The van der Waals surface area contributed by atoms with Gasteiger partial charge in [0.2, 0.25) is 5.88 Å². The first-order valence-corrected chi connectivity index (χ1v) is 4.72. The molecule has 0 spiro atoms. The highest BCUT2D eigenvalue weighted by Gasteiger charge is 2.38. The van der Waals surface area contributed by atoms with Crippen molar-refractivity contribution in [2.75, 3.05) is 0 Å². The minimum absolute atomic E-state index is 0.234. The Morgan fingerprint density at radius 1 is 1.59 bits per heavy atom. The van der Waals surface area contributed by atoms with Crippen molar-refractivity contribution >= 4 is 17.6 Å². The van der Waals surface area contributed by atoms with Gasteiger partial charge < -0.3 is 9.84 Å². The molecule has 0 saturated heterocycles. The Labute approximate surface area is 99.0 Å². The lowest BCUT2D eigenvalue weighted by atomic mass is 10.3. The molecule has 0 saturated carbocycles. The quantitative estimate of drug-likeness (QED) is 0.916. The second kappa shape index (κ2) is 4.79. The van der Waals surface area contributed by atoms with Crippen molar-refractivity contribution in [2.24, 2.45) is 0 Å². The Morgan fingerprint density at radius 2 is 2.18 bits per heavy atom. The van der Waals surface area contributed by atoms with E-state index >= 15 is 0 Å². The van der Waals surface area contributed by atoms with Crippen molar-refractivity contribution < 1.29 is 27.8 Å². The lowest BCUT2D eigenvalue weighted by molar-refractivity contribution is -0.189. The van der Waals surface area contributed by atoms with Crippen LogP contribution >= 0.6 is 11.6 Å². The number of carboxylic acid groups (broad SMARTS) is 1. The van der Waals surface area contributed by atoms with Crippen molar-refractivity contribution in [1.29, 1.82) is 0 Å². The van der Waals surface area contributed by atoms with Gasteiger partial charge in [-0.1, -0.05) is 11.6 Å². The molecule has 0 bridgehead atoms. The number of hydrogen-bond acceptors (Lipinski definition) is 3. The van der Waals surface area contributed by atoms with Gasteiger partial charge in [0.15, 0.2) is 6.10 Å². The van der Waals surface area contributed by atoms with Crippen LogP contribution in [0.3, 0.4) is 0 Å². The number of rotatable bonds is 3. The lowest BCUT2D eigenvalue weighted by Gasteiger charge is -2.17. The summed E-state index contributed by atoms with van der Waals surface area (Å²) in [6.07, 6.45) is -5.76. The van der Waals surface area contributed by atoms with Crippen LogP contribution in [0, 0.1) is 0 Å². The monoisotopic (exact) mass is 269 g/mol. The second-order valence-electron chi connectivity index (χ2n) is 3.12. The molecule has 1 rings (SSSR count). The maximum Gasteiger partial charge on any atom is 0.425 e. The van der Waals surface area contributed by atoms with Crippen molar-refractivity contribution in [1.82, 2.24) is 4.98 Å². The Morgan fingerprint density at radius 3 is 2.59 bits per heavy atom. The Bertz CT molecular complexity index is 436. The van der Waals surface area contributed by atoms with E-state index in [0.717, 1.165) is 19.2 Å². The molecule has 0 fully saturated rings. The first-order chi connectivity index (χ1) is 7.71.